The monoisotopic (exact) mass is 783 g/mol. The summed E-state index contributed by atoms with van der Waals surface area (Å²) < 4.78 is 39.0. The SMILES string of the molecule is CC[C@H]1OC(=O)[C@H](C)C(=O)[C@H](C)[C@@H](OC2O[C@H](C)C[C@H](N(C)C)[C@H]2OC(=O)c2ccccc2)[C@@](C)(OC)C[C@@H](C)C(=O)[C@H](C)C[C@]1(CC)OC(=O)n1ccnc1. The van der Waals surface area contributed by atoms with Crippen molar-refractivity contribution in [3.63, 3.8) is 0 Å². The normalized spacial score (nSPS) is 35.0. The van der Waals surface area contributed by atoms with Gasteiger partial charge in [-0.15, -0.1) is 0 Å². The van der Waals surface area contributed by atoms with Crippen molar-refractivity contribution in [3.8, 4) is 0 Å². The molecule has 0 amide bonds. The summed E-state index contributed by atoms with van der Waals surface area (Å²) in [5.41, 5.74) is -2.35. The Morgan fingerprint density at radius 2 is 1.64 bits per heavy atom. The van der Waals surface area contributed by atoms with Gasteiger partial charge < -0.3 is 33.3 Å². The van der Waals surface area contributed by atoms with Gasteiger partial charge in [0.25, 0.3) is 0 Å². The molecule has 0 saturated carbocycles. The molecule has 0 N–H and O–H groups in total. The highest BCUT2D eigenvalue weighted by molar-refractivity contribution is 6.00. The summed E-state index contributed by atoms with van der Waals surface area (Å²) >= 11 is 0. The van der Waals surface area contributed by atoms with E-state index in [4.69, 9.17) is 28.4 Å². The Hall–Kier alpha value is -3.98. The van der Waals surface area contributed by atoms with Gasteiger partial charge in [0.05, 0.1) is 29.4 Å². The largest absolute Gasteiger partial charge is 0.458 e. The summed E-state index contributed by atoms with van der Waals surface area (Å²) in [7, 11) is 5.25. The Balaban J connectivity index is 1.77. The number of likely N-dealkylation sites (N-methyl/N-ethyl adjacent to an activating group) is 1. The first-order valence-corrected chi connectivity index (χ1v) is 19.7. The molecule has 14 nitrogen and oxygen atoms in total. The molecule has 0 spiro atoms. The first-order chi connectivity index (χ1) is 26.4. The molecule has 1 aromatic heterocycles. The van der Waals surface area contributed by atoms with E-state index in [2.05, 4.69) is 4.98 Å². The number of carbonyl (C=O) groups excluding carboxylic acids is 5. The van der Waals surface area contributed by atoms with Gasteiger partial charge in [0.2, 0.25) is 0 Å². The van der Waals surface area contributed by atoms with E-state index < -0.39 is 83.3 Å². The van der Waals surface area contributed by atoms with Gasteiger partial charge in [-0.3, -0.25) is 14.4 Å². The molecular weight excluding hydrogens is 722 g/mol. The number of carbonyl (C=O) groups is 5. The van der Waals surface area contributed by atoms with E-state index >= 15 is 0 Å². The average molecular weight is 784 g/mol. The number of benzene rings is 1. The van der Waals surface area contributed by atoms with Crippen molar-refractivity contribution in [1.82, 2.24) is 14.5 Å². The smallest absolute Gasteiger partial charge is 0.419 e. The van der Waals surface area contributed by atoms with E-state index in [9.17, 15) is 24.0 Å². The van der Waals surface area contributed by atoms with Gasteiger partial charge in [-0.1, -0.05) is 52.8 Å². The minimum Gasteiger partial charge on any atom is -0.458 e. The minimum atomic E-state index is -1.40. The number of esters is 2. The molecule has 0 bridgehead atoms. The number of nitrogens with zero attached hydrogens (tertiary/aromatic N) is 3. The van der Waals surface area contributed by atoms with Gasteiger partial charge >= 0.3 is 18.0 Å². The second kappa shape index (κ2) is 19.0. The van der Waals surface area contributed by atoms with E-state index in [1.165, 1.54) is 37.3 Å². The van der Waals surface area contributed by atoms with E-state index in [1.807, 2.05) is 32.8 Å². The summed E-state index contributed by atoms with van der Waals surface area (Å²) in [6.45, 7) is 14.0. The van der Waals surface area contributed by atoms with Gasteiger partial charge in [-0.05, 0) is 72.7 Å². The summed E-state index contributed by atoms with van der Waals surface area (Å²) in [6, 6.07) is 8.29. The van der Waals surface area contributed by atoms with Crippen LogP contribution in [0.2, 0.25) is 0 Å². The average Bonchev–Trinajstić information content (AvgIpc) is 3.73. The van der Waals surface area contributed by atoms with Crippen LogP contribution < -0.4 is 0 Å². The lowest BCUT2D eigenvalue weighted by atomic mass is 9.74. The van der Waals surface area contributed by atoms with Crippen LogP contribution >= 0.6 is 0 Å². The first kappa shape index (κ1) is 44.7. The fraction of sp³-hybridized carbons (Fsp3) is 0.667. The van der Waals surface area contributed by atoms with Crippen LogP contribution in [0.5, 0.6) is 0 Å². The van der Waals surface area contributed by atoms with Crippen molar-refractivity contribution in [1.29, 1.82) is 0 Å². The highest BCUT2D eigenvalue weighted by atomic mass is 16.7. The molecule has 2 saturated heterocycles. The van der Waals surface area contributed by atoms with Crippen LogP contribution in [-0.2, 0) is 42.8 Å². The lowest BCUT2D eigenvalue weighted by Crippen LogP contribution is -2.60. The van der Waals surface area contributed by atoms with Gasteiger partial charge in [-0.25, -0.2) is 19.1 Å². The Kier molecular flexibility index (Phi) is 15.2. The second-order valence-electron chi connectivity index (χ2n) is 16.0. The number of methoxy groups -OCH3 is 1. The third-order valence-electron chi connectivity index (χ3n) is 11.7. The lowest BCUT2D eigenvalue weighted by Gasteiger charge is -2.47. The van der Waals surface area contributed by atoms with Crippen LogP contribution in [-0.4, -0.2) is 113 Å². The van der Waals surface area contributed by atoms with Crippen molar-refractivity contribution in [2.45, 2.75) is 135 Å². The third kappa shape index (κ3) is 9.93. The highest BCUT2D eigenvalue weighted by Crippen LogP contribution is 2.40. The first-order valence-electron chi connectivity index (χ1n) is 19.7. The number of imidazole rings is 1. The van der Waals surface area contributed by atoms with Crippen molar-refractivity contribution in [3.05, 3.63) is 54.6 Å². The van der Waals surface area contributed by atoms with Crippen LogP contribution in [0.25, 0.3) is 0 Å². The molecule has 56 heavy (non-hydrogen) atoms. The summed E-state index contributed by atoms with van der Waals surface area (Å²) in [4.78, 5) is 75.6. The molecule has 14 heteroatoms. The predicted molar refractivity (Wildman–Crippen MR) is 206 cm³/mol. The topological polar surface area (TPSA) is 162 Å². The maximum absolute atomic E-state index is 14.5. The molecule has 2 aromatic rings. The minimum absolute atomic E-state index is 0.0510. The second-order valence-corrected chi connectivity index (χ2v) is 16.0. The van der Waals surface area contributed by atoms with Crippen molar-refractivity contribution in [2.75, 3.05) is 21.2 Å². The third-order valence-corrected chi connectivity index (χ3v) is 11.7. The van der Waals surface area contributed by atoms with E-state index in [-0.39, 0.29) is 43.6 Å². The highest BCUT2D eigenvalue weighted by Gasteiger charge is 2.52. The van der Waals surface area contributed by atoms with E-state index in [0.717, 1.165) is 0 Å². The maximum atomic E-state index is 14.5. The van der Waals surface area contributed by atoms with Gasteiger partial charge in [0.1, 0.15) is 24.1 Å². The molecule has 1 unspecified atom stereocenters. The zero-order chi connectivity index (χ0) is 41.5. The molecule has 0 radical (unpaired) electrons. The van der Waals surface area contributed by atoms with Crippen LogP contribution in [0.1, 0.15) is 97.9 Å². The van der Waals surface area contributed by atoms with Crippen LogP contribution in [0, 0.1) is 23.7 Å². The molecular formula is C42H61N3O11. The molecule has 310 valence electrons. The van der Waals surface area contributed by atoms with Crippen LogP contribution in [0.15, 0.2) is 49.1 Å². The number of ether oxygens (including phenoxy) is 6. The summed E-state index contributed by atoms with van der Waals surface area (Å²) in [5.74, 6) is -5.56. The number of rotatable bonds is 9. The molecule has 0 aliphatic carbocycles. The molecule has 2 aliphatic rings. The standard InChI is InChI=1S/C42H61N3O11/c1-12-32-42(13-2,56-40(50)45-20-19-43-24-45)23-26(4)33(46)25(3)22-41(8,51-11)36(28(6)34(47)29(7)37(48)53-32)55-39-35(31(44(9)10)21-27(5)52-39)54-38(49)30-17-15-14-16-18-30/h14-20,24-29,31-32,35-36,39H,12-13,21-23H2,1-11H3/t25-,26-,27-,28+,29-,31+,32-,35-,36-,39?,41+,42+/m1/s1. The molecule has 2 aliphatic heterocycles. The number of hydrogen-bond donors (Lipinski definition) is 0. The van der Waals surface area contributed by atoms with Gasteiger partial charge in [0, 0.05) is 43.7 Å². The van der Waals surface area contributed by atoms with Crippen molar-refractivity contribution < 1.29 is 52.4 Å². The zero-order valence-corrected chi connectivity index (χ0v) is 34.8. The molecule has 2 fully saturated rings. The van der Waals surface area contributed by atoms with E-state index in [1.54, 1.807) is 65.0 Å². The number of cyclic esters (lactones) is 1. The Morgan fingerprint density at radius 3 is 2.21 bits per heavy atom. The number of hydrogen-bond acceptors (Lipinski definition) is 13. The lowest BCUT2D eigenvalue weighted by molar-refractivity contribution is -0.294. The fourth-order valence-electron chi connectivity index (χ4n) is 8.34. The van der Waals surface area contributed by atoms with Crippen LogP contribution in [0.3, 0.4) is 0 Å². The zero-order valence-electron chi connectivity index (χ0n) is 34.8. The number of Topliss-reactive ketones (excluding diaryl/α,β-unsaturated/α-hetero) is 2. The fourth-order valence-corrected chi connectivity index (χ4v) is 8.34. The van der Waals surface area contributed by atoms with E-state index in [0.29, 0.717) is 12.0 Å². The Morgan fingerprint density at radius 1 is 0.982 bits per heavy atom. The molecule has 4 rings (SSSR count). The Bertz CT molecular complexity index is 1650. The van der Waals surface area contributed by atoms with Crippen molar-refractivity contribution >= 4 is 29.6 Å². The molecule has 1 aromatic carbocycles. The number of ketones is 2. The molecule has 12 atom stereocenters. The van der Waals surface area contributed by atoms with Crippen LogP contribution in [0.4, 0.5) is 4.79 Å². The maximum Gasteiger partial charge on any atom is 0.419 e. The summed E-state index contributed by atoms with van der Waals surface area (Å²) in [6.07, 6.45) is 0.143. The number of aromatic nitrogens is 2. The quantitative estimate of drug-likeness (QED) is 0.168. The summed E-state index contributed by atoms with van der Waals surface area (Å²) in [5, 5.41) is 0. The predicted octanol–water partition coefficient (Wildman–Crippen LogP) is 5.90. The van der Waals surface area contributed by atoms with Crippen molar-refractivity contribution in [2.24, 2.45) is 23.7 Å². The molecule has 3 heterocycles. The Labute approximate surface area is 330 Å². The van der Waals surface area contributed by atoms with Gasteiger partial charge in [-0.2, -0.15) is 0 Å². The van der Waals surface area contributed by atoms with Gasteiger partial charge in [0.15, 0.2) is 23.8 Å².